The lowest BCUT2D eigenvalue weighted by Crippen LogP contribution is -2.50. The van der Waals surface area contributed by atoms with E-state index in [2.05, 4.69) is 0 Å². The topological polar surface area (TPSA) is 102 Å². The van der Waals surface area contributed by atoms with Crippen LogP contribution >= 0.6 is 0 Å². The molecule has 0 bridgehead atoms. The van der Waals surface area contributed by atoms with Crippen molar-refractivity contribution >= 4 is 17.5 Å². The van der Waals surface area contributed by atoms with Crippen molar-refractivity contribution in [3.8, 4) is 0 Å². The van der Waals surface area contributed by atoms with Crippen molar-refractivity contribution in [2.75, 3.05) is 14.1 Å². The molecule has 170 valence electrons. The molecule has 32 heavy (non-hydrogen) atoms. The number of aliphatic hydroxyl groups excluding tert-OH is 1. The number of Topliss-reactive ketones (excluding diaryl/α,β-unsaturated/α-hetero) is 2. The van der Waals surface area contributed by atoms with E-state index in [0.717, 1.165) is 5.56 Å². The van der Waals surface area contributed by atoms with Crippen LogP contribution in [0.3, 0.4) is 0 Å². The Bertz CT molecular complexity index is 1040. The number of nitrogens with zero attached hydrogens (tertiary/aromatic N) is 1. The van der Waals surface area contributed by atoms with Crippen molar-refractivity contribution in [2.45, 2.75) is 69.4 Å². The first-order valence-corrected chi connectivity index (χ1v) is 11.0. The van der Waals surface area contributed by atoms with Gasteiger partial charge in [0.25, 0.3) is 0 Å². The number of likely N-dealkylation sites (N-methyl/N-ethyl adjacent to an activating group) is 1. The number of carbonyl (C=O) groups is 3. The first kappa shape index (κ1) is 21.5. The number of fused-ring (bicyclic) bond motifs is 3. The maximum absolute atomic E-state index is 13.5. The number of esters is 1. The Morgan fingerprint density at radius 3 is 2.44 bits per heavy atom. The highest BCUT2D eigenvalue weighted by atomic mass is 16.6. The fraction of sp³-hybridized carbons (Fsp3) is 0.542. The van der Waals surface area contributed by atoms with E-state index in [1.54, 1.807) is 25.1 Å². The lowest BCUT2D eigenvalue weighted by atomic mass is 9.76. The zero-order valence-electron chi connectivity index (χ0n) is 18.5. The molecule has 1 N–H and O–H groups in total. The number of hydrogen-bond acceptors (Lipinski definition) is 8. The van der Waals surface area contributed by atoms with E-state index in [0.29, 0.717) is 17.5 Å². The van der Waals surface area contributed by atoms with Gasteiger partial charge in [0.15, 0.2) is 17.7 Å². The lowest BCUT2D eigenvalue weighted by Gasteiger charge is -2.41. The molecule has 1 aromatic rings. The Labute approximate surface area is 186 Å². The molecule has 1 aromatic carbocycles. The predicted molar refractivity (Wildman–Crippen MR) is 112 cm³/mol. The summed E-state index contributed by atoms with van der Waals surface area (Å²) in [6.07, 6.45) is -2.63. The number of carbonyl (C=O) groups excluding carboxylic acids is 3. The van der Waals surface area contributed by atoms with Gasteiger partial charge < -0.3 is 24.2 Å². The van der Waals surface area contributed by atoms with Gasteiger partial charge in [0.1, 0.15) is 6.10 Å². The molecule has 8 heteroatoms. The predicted octanol–water partition coefficient (Wildman–Crippen LogP) is 1.61. The van der Waals surface area contributed by atoms with Gasteiger partial charge in [-0.05, 0) is 52.1 Å². The quantitative estimate of drug-likeness (QED) is 0.691. The minimum absolute atomic E-state index is 0.0785. The fourth-order valence-electron chi connectivity index (χ4n) is 5.40. The van der Waals surface area contributed by atoms with Crippen LogP contribution in [0.15, 0.2) is 29.3 Å². The monoisotopic (exact) mass is 441 g/mol. The molecule has 4 aliphatic rings. The first-order chi connectivity index (χ1) is 15.2. The highest BCUT2D eigenvalue weighted by Gasteiger charge is 2.51. The lowest BCUT2D eigenvalue weighted by molar-refractivity contribution is -0.142. The molecule has 0 saturated carbocycles. The maximum Gasteiger partial charge on any atom is 0.309 e. The van der Waals surface area contributed by atoms with Gasteiger partial charge in [0.2, 0.25) is 0 Å². The third-order valence-electron chi connectivity index (χ3n) is 7.09. The number of ether oxygens (including phenoxy) is 3. The minimum Gasteiger partial charge on any atom is -0.454 e. The van der Waals surface area contributed by atoms with Gasteiger partial charge >= 0.3 is 5.97 Å². The summed E-state index contributed by atoms with van der Waals surface area (Å²) < 4.78 is 17.3. The van der Waals surface area contributed by atoms with E-state index in [1.807, 2.05) is 25.9 Å². The summed E-state index contributed by atoms with van der Waals surface area (Å²) in [5.41, 5.74) is 1.93. The molecule has 1 aliphatic carbocycles. The summed E-state index contributed by atoms with van der Waals surface area (Å²) in [5.74, 6) is -0.998. The van der Waals surface area contributed by atoms with Gasteiger partial charge in [0.05, 0.1) is 36.4 Å². The van der Waals surface area contributed by atoms with Crippen LogP contribution in [0.1, 0.15) is 59.1 Å². The Balaban J connectivity index is 1.52. The summed E-state index contributed by atoms with van der Waals surface area (Å²) in [4.78, 5) is 40.7. The fourth-order valence-corrected chi connectivity index (χ4v) is 5.40. The number of benzene rings is 1. The van der Waals surface area contributed by atoms with E-state index in [9.17, 15) is 19.5 Å². The molecule has 2 fully saturated rings. The second-order valence-electron chi connectivity index (χ2n) is 9.31. The summed E-state index contributed by atoms with van der Waals surface area (Å²) in [7, 11) is 3.83. The van der Waals surface area contributed by atoms with Crippen LogP contribution in [0.25, 0.3) is 0 Å². The van der Waals surface area contributed by atoms with Gasteiger partial charge in [-0.15, -0.1) is 0 Å². The van der Waals surface area contributed by atoms with Gasteiger partial charge in [-0.2, -0.15) is 0 Å². The van der Waals surface area contributed by atoms with Gasteiger partial charge in [-0.1, -0.05) is 6.07 Å². The molecule has 2 saturated heterocycles. The molecular formula is C24H27NO7. The summed E-state index contributed by atoms with van der Waals surface area (Å²) in [6.45, 7) is 3.56. The number of rotatable bonds is 2. The third kappa shape index (κ3) is 3.16. The van der Waals surface area contributed by atoms with E-state index < -0.39 is 30.4 Å². The zero-order chi connectivity index (χ0) is 22.9. The first-order valence-electron chi connectivity index (χ1n) is 11.0. The Morgan fingerprint density at radius 2 is 1.72 bits per heavy atom. The average molecular weight is 441 g/mol. The van der Waals surface area contributed by atoms with Crippen molar-refractivity contribution in [1.29, 1.82) is 0 Å². The van der Waals surface area contributed by atoms with E-state index in [-0.39, 0.29) is 47.4 Å². The summed E-state index contributed by atoms with van der Waals surface area (Å²) in [5, 5.41) is 10.5. The smallest absolute Gasteiger partial charge is 0.309 e. The van der Waals surface area contributed by atoms with E-state index in [4.69, 9.17) is 14.2 Å². The molecule has 5 rings (SSSR count). The number of aliphatic hydroxyl groups is 1. The van der Waals surface area contributed by atoms with Gasteiger partial charge in [-0.3, -0.25) is 14.4 Å². The van der Waals surface area contributed by atoms with Crippen molar-refractivity contribution in [2.24, 2.45) is 0 Å². The summed E-state index contributed by atoms with van der Waals surface area (Å²) in [6, 6.07) is 5.09. The Morgan fingerprint density at radius 1 is 1.00 bits per heavy atom. The van der Waals surface area contributed by atoms with Crippen LogP contribution in [0.2, 0.25) is 0 Å². The van der Waals surface area contributed by atoms with Crippen molar-refractivity contribution in [3.63, 3.8) is 0 Å². The van der Waals surface area contributed by atoms with Crippen molar-refractivity contribution < 1.29 is 33.7 Å². The van der Waals surface area contributed by atoms with Crippen LogP contribution < -0.4 is 0 Å². The SMILES string of the molecule is C[C@H]1OC2CC(=O)OC2C2=C1C(=O)c1cc(C3C[C@@H](N(C)C)[C@H](O)[C@@H](C)O3)ccc1C2=O. The third-order valence-corrected chi connectivity index (χ3v) is 7.09. The van der Waals surface area contributed by atoms with Crippen LogP contribution in [-0.4, -0.2) is 78.2 Å². The average Bonchev–Trinajstić information content (AvgIpc) is 3.12. The van der Waals surface area contributed by atoms with E-state index in [1.165, 1.54) is 0 Å². The van der Waals surface area contributed by atoms with Gasteiger partial charge in [0, 0.05) is 22.7 Å². The Hall–Kier alpha value is -2.39. The molecule has 3 heterocycles. The molecule has 0 spiro atoms. The van der Waals surface area contributed by atoms with Crippen molar-refractivity contribution in [3.05, 3.63) is 46.0 Å². The van der Waals surface area contributed by atoms with Crippen LogP contribution in [0.5, 0.6) is 0 Å². The second-order valence-corrected chi connectivity index (χ2v) is 9.31. The molecular weight excluding hydrogens is 414 g/mol. The summed E-state index contributed by atoms with van der Waals surface area (Å²) >= 11 is 0. The van der Waals surface area contributed by atoms with Crippen LogP contribution in [-0.2, 0) is 19.0 Å². The largest absolute Gasteiger partial charge is 0.454 e. The highest BCUT2D eigenvalue weighted by Crippen LogP contribution is 2.42. The molecule has 3 unspecified atom stereocenters. The molecule has 0 radical (unpaired) electrons. The second kappa shape index (κ2) is 7.59. The minimum atomic E-state index is -0.831. The molecule has 0 aromatic heterocycles. The van der Waals surface area contributed by atoms with Crippen LogP contribution in [0.4, 0.5) is 0 Å². The molecule has 0 amide bonds. The number of ketones is 2. The Kier molecular flexibility index (Phi) is 5.09. The molecule has 8 nitrogen and oxygen atoms in total. The van der Waals surface area contributed by atoms with E-state index >= 15 is 0 Å². The number of hydrogen-bond donors (Lipinski definition) is 1. The zero-order valence-corrected chi connectivity index (χ0v) is 18.5. The van der Waals surface area contributed by atoms with Crippen LogP contribution in [0, 0.1) is 0 Å². The maximum atomic E-state index is 13.5. The van der Waals surface area contributed by atoms with Gasteiger partial charge in [-0.25, -0.2) is 0 Å². The molecule has 3 aliphatic heterocycles. The normalized spacial score (nSPS) is 36.7. The molecule has 7 atom stereocenters. The van der Waals surface area contributed by atoms with Crippen molar-refractivity contribution in [1.82, 2.24) is 4.90 Å². The standard InChI is InChI=1S/C24H27NO7/c1-10-19-20(24-17(30-10)9-18(26)32-24)22(28)13-6-5-12(7-14(13)23(19)29)16-8-15(25(3)4)21(27)11(2)31-16/h5-7,10-11,15-17,21,24,27H,8-9H2,1-4H3/t10-,11-,15-,16?,17?,21-,24?/m1/s1. The highest BCUT2D eigenvalue weighted by molar-refractivity contribution is 6.28.